The van der Waals surface area contributed by atoms with E-state index in [1.54, 1.807) is 18.2 Å². The molecule has 2 N–H and O–H groups in total. The minimum atomic E-state index is -0.830. The van der Waals surface area contributed by atoms with Crippen molar-refractivity contribution in [3.63, 3.8) is 0 Å². The number of hydrogen-bond donors (Lipinski definition) is 2. The van der Waals surface area contributed by atoms with Crippen molar-refractivity contribution >= 4 is 41.0 Å². The van der Waals surface area contributed by atoms with Crippen molar-refractivity contribution in [1.29, 1.82) is 0 Å². The van der Waals surface area contributed by atoms with Gasteiger partial charge in [-0.15, -0.1) is 0 Å². The van der Waals surface area contributed by atoms with E-state index in [2.05, 4.69) is 17.6 Å². The lowest BCUT2D eigenvalue weighted by Crippen LogP contribution is -2.49. The Kier molecular flexibility index (Phi) is 5.44. The van der Waals surface area contributed by atoms with Crippen LogP contribution < -0.4 is 10.6 Å². The Hall–Kier alpha value is -1.79. The Balaban J connectivity index is 1.59. The average Bonchev–Trinajstić information content (AvgIpc) is 2.81. The number of imide groups is 1. The van der Waals surface area contributed by atoms with Gasteiger partial charge in [0.15, 0.2) is 0 Å². The summed E-state index contributed by atoms with van der Waals surface area (Å²) in [6.45, 7) is 2.04. The lowest BCUT2D eigenvalue weighted by atomic mass is 9.77. The molecule has 1 saturated carbocycles. The van der Waals surface area contributed by atoms with Crippen LogP contribution in [0.4, 0.5) is 4.79 Å². The molecule has 0 bridgehead atoms. The number of halogens is 2. The van der Waals surface area contributed by atoms with Crippen LogP contribution in [0.2, 0.25) is 10.0 Å². The van der Waals surface area contributed by atoms with Gasteiger partial charge < -0.3 is 10.6 Å². The Bertz CT molecular complexity index is 745. The first kappa shape index (κ1) is 19.0. The molecular weight excluding hydrogens is 377 g/mol. The van der Waals surface area contributed by atoms with Crippen molar-refractivity contribution in [2.75, 3.05) is 6.54 Å². The van der Waals surface area contributed by atoms with Crippen LogP contribution in [0.5, 0.6) is 0 Å². The molecule has 140 valence electrons. The van der Waals surface area contributed by atoms with Crippen LogP contribution >= 0.6 is 23.2 Å². The maximum Gasteiger partial charge on any atom is 0.325 e. The molecule has 1 aliphatic carbocycles. The van der Waals surface area contributed by atoms with Crippen molar-refractivity contribution in [1.82, 2.24) is 15.5 Å². The molecule has 26 heavy (non-hydrogen) atoms. The largest absolute Gasteiger partial charge is 0.350 e. The Labute approximate surface area is 162 Å². The summed E-state index contributed by atoms with van der Waals surface area (Å²) in [6, 6.07) is 4.50. The second-order valence-corrected chi connectivity index (χ2v) is 7.94. The van der Waals surface area contributed by atoms with Gasteiger partial charge >= 0.3 is 6.03 Å². The zero-order valence-corrected chi connectivity index (χ0v) is 16.0. The van der Waals surface area contributed by atoms with E-state index in [1.807, 2.05) is 0 Å². The molecular formula is C18H21Cl2N3O3. The Morgan fingerprint density at radius 1 is 1.31 bits per heavy atom. The van der Waals surface area contributed by atoms with E-state index in [1.165, 1.54) is 0 Å². The van der Waals surface area contributed by atoms with E-state index in [0.717, 1.165) is 17.7 Å². The van der Waals surface area contributed by atoms with E-state index in [0.29, 0.717) is 34.4 Å². The Morgan fingerprint density at radius 2 is 2.00 bits per heavy atom. The van der Waals surface area contributed by atoms with E-state index in [9.17, 15) is 14.4 Å². The summed E-state index contributed by atoms with van der Waals surface area (Å²) in [5, 5.41) is 6.45. The third kappa shape index (κ3) is 3.81. The third-order valence-electron chi connectivity index (χ3n) is 5.17. The fourth-order valence-electron chi connectivity index (χ4n) is 3.47. The number of rotatable bonds is 4. The van der Waals surface area contributed by atoms with Gasteiger partial charge in [-0.3, -0.25) is 14.5 Å². The molecule has 0 unspecified atom stereocenters. The van der Waals surface area contributed by atoms with Gasteiger partial charge in [0.25, 0.3) is 5.91 Å². The maximum atomic E-state index is 12.7. The predicted molar refractivity (Wildman–Crippen MR) is 98.9 cm³/mol. The van der Waals surface area contributed by atoms with Crippen LogP contribution in [-0.4, -0.2) is 34.8 Å². The van der Waals surface area contributed by atoms with E-state index in [-0.39, 0.29) is 19.0 Å². The molecule has 2 fully saturated rings. The van der Waals surface area contributed by atoms with Crippen molar-refractivity contribution in [3.05, 3.63) is 33.8 Å². The van der Waals surface area contributed by atoms with Crippen LogP contribution in [0, 0.1) is 5.92 Å². The fraction of sp³-hybridized carbons (Fsp3) is 0.500. The highest BCUT2D eigenvalue weighted by Gasteiger charge is 2.52. The summed E-state index contributed by atoms with van der Waals surface area (Å²) in [4.78, 5) is 38.2. The SMILES string of the molecule is CC1CCC2(CC1)NC(=O)N(CC(=O)NCc1ccc(Cl)cc1Cl)C2=O. The lowest BCUT2D eigenvalue weighted by molar-refractivity contribution is -0.136. The molecule has 2 aliphatic rings. The molecule has 6 nitrogen and oxygen atoms in total. The monoisotopic (exact) mass is 397 g/mol. The van der Waals surface area contributed by atoms with Crippen molar-refractivity contribution in [2.45, 2.75) is 44.7 Å². The average molecular weight is 398 g/mol. The molecule has 1 aromatic rings. The molecule has 1 saturated heterocycles. The molecule has 3 rings (SSSR count). The number of nitrogens with zero attached hydrogens (tertiary/aromatic N) is 1. The predicted octanol–water partition coefficient (Wildman–Crippen LogP) is 3.11. The summed E-state index contributed by atoms with van der Waals surface area (Å²) >= 11 is 11.9. The highest BCUT2D eigenvalue weighted by atomic mass is 35.5. The van der Waals surface area contributed by atoms with Gasteiger partial charge in [-0.2, -0.15) is 0 Å². The summed E-state index contributed by atoms with van der Waals surface area (Å²) in [6.07, 6.45) is 3.02. The second kappa shape index (κ2) is 7.45. The third-order valence-corrected chi connectivity index (χ3v) is 5.75. The van der Waals surface area contributed by atoms with E-state index < -0.39 is 17.5 Å². The highest BCUT2D eigenvalue weighted by Crippen LogP contribution is 2.36. The summed E-state index contributed by atoms with van der Waals surface area (Å²) in [5.74, 6) is -0.165. The van der Waals surface area contributed by atoms with E-state index >= 15 is 0 Å². The van der Waals surface area contributed by atoms with Gasteiger partial charge in [-0.05, 0) is 49.3 Å². The normalized spacial score (nSPS) is 25.5. The Morgan fingerprint density at radius 3 is 2.65 bits per heavy atom. The number of carbonyl (C=O) groups is 3. The zero-order valence-electron chi connectivity index (χ0n) is 14.5. The molecule has 0 aromatic heterocycles. The van der Waals surface area contributed by atoms with Gasteiger partial charge in [0.1, 0.15) is 12.1 Å². The smallest absolute Gasteiger partial charge is 0.325 e. The number of benzene rings is 1. The quantitative estimate of drug-likeness (QED) is 0.765. The lowest BCUT2D eigenvalue weighted by Gasteiger charge is -2.33. The number of nitrogens with one attached hydrogen (secondary N) is 2. The molecule has 0 radical (unpaired) electrons. The number of hydrogen-bond acceptors (Lipinski definition) is 3. The minimum absolute atomic E-state index is 0.196. The first-order valence-electron chi connectivity index (χ1n) is 8.65. The van der Waals surface area contributed by atoms with Gasteiger partial charge in [-0.25, -0.2) is 4.79 Å². The van der Waals surface area contributed by atoms with Gasteiger partial charge in [0.2, 0.25) is 5.91 Å². The summed E-state index contributed by atoms with van der Waals surface area (Å²) in [5.41, 5.74) is -0.122. The van der Waals surface area contributed by atoms with E-state index in [4.69, 9.17) is 23.2 Å². The minimum Gasteiger partial charge on any atom is -0.350 e. The first-order chi connectivity index (χ1) is 12.3. The first-order valence-corrected chi connectivity index (χ1v) is 9.41. The zero-order chi connectivity index (χ0) is 18.9. The van der Waals surface area contributed by atoms with Crippen LogP contribution in [0.1, 0.15) is 38.2 Å². The van der Waals surface area contributed by atoms with Gasteiger partial charge in [0, 0.05) is 16.6 Å². The maximum absolute atomic E-state index is 12.7. The number of carbonyl (C=O) groups excluding carboxylic acids is 3. The summed E-state index contributed by atoms with van der Waals surface area (Å²) in [7, 11) is 0. The van der Waals surface area contributed by atoms with Crippen LogP contribution in [-0.2, 0) is 16.1 Å². The van der Waals surface area contributed by atoms with Gasteiger partial charge in [-0.1, -0.05) is 36.2 Å². The van der Waals surface area contributed by atoms with Crippen molar-refractivity contribution in [3.8, 4) is 0 Å². The molecule has 1 spiro atoms. The molecule has 1 heterocycles. The molecule has 1 aliphatic heterocycles. The van der Waals surface area contributed by atoms with Crippen LogP contribution in [0.3, 0.4) is 0 Å². The molecule has 8 heteroatoms. The number of amides is 4. The summed E-state index contributed by atoms with van der Waals surface area (Å²) < 4.78 is 0. The van der Waals surface area contributed by atoms with Crippen LogP contribution in [0.15, 0.2) is 18.2 Å². The van der Waals surface area contributed by atoms with Crippen LogP contribution in [0.25, 0.3) is 0 Å². The highest BCUT2D eigenvalue weighted by molar-refractivity contribution is 6.35. The van der Waals surface area contributed by atoms with Crippen molar-refractivity contribution in [2.24, 2.45) is 5.92 Å². The fourth-order valence-corrected chi connectivity index (χ4v) is 3.95. The standard InChI is InChI=1S/C18H21Cl2N3O3/c1-11-4-6-18(7-5-11)16(25)23(17(26)22-18)10-15(24)21-9-12-2-3-13(19)8-14(12)20/h2-3,8,11H,4-7,9-10H2,1H3,(H,21,24)(H,22,26). The van der Waals surface area contributed by atoms with Crippen molar-refractivity contribution < 1.29 is 14.4 Å². The molecule has 0 atom stereocenters. The second-order valence-electron chi connectivity index (χ2n) is 7.10. The molecule has 1 aromatic carbocycles. The van der Waals surface area contributed by atoms with Gasteiger partial charge in [0.05, 0.1) is 0 Å². The topological polar surface area (TPSA) is 78.5 Å². The number of urea groups is 1. The molecule has 4 amide bonds.